The highest BCUT2D eigenvalue weighted by Gasteiger charge is 2.24. The molecule has 0 amide bonds. The van der Waals surface area contributed by atoms with E-state index in [0.717, 1.165) is 45.0 Å². The minimum Gasteiger partial charge on any atom is -0.477 e. The highest BCUT2D eigenvalue weighted by molar-refractivity contribution is 5.93. The highest BCUT2D eigenvalue weighted by atomic mass is 16.6. The summed E-state index contributed by atoms with van der Waals surface area (Å²) >= 11 is 0. The van der Waals surface area contributed by atoms with Gasteiger partial charge in [0.15, 0.2) is 0 Å². The van der Waals surface area contributed by atoms with Gasteiger partial charge in [-0.2, -0.15) is 0 Å². The van der Waals surface area contributed by atoms with E-state index in [1.807, 2.05) is 4.90 Å². The number of anilines is 1. The van der Waals surface area contributed by atoms with E-state index in [4.69, 9.17) is 5.11 Å². The van der Waals surface area contributed by atoms with Crippen LogP contribution in [0.3, 0.4) is 0 Å². The van der Waals surface area contributed by atoms with Gasteiger partial charge in [0.2, 0.25) is 0 Å². The van der Waals surface area contributed by atoms with Gasteiger partial charge in [0.1, 0.15) is 17.6 Å². The SMILES string of the molecule is CCC1CCCN(c2cc(C(=O)O)c([N+](=O)[O-])cn2)CC1. The van der Waals surface area contributed by atoms with E-state index in [-0.39, 0.29) is 5.56 Å². The zero-order valence-electron chi connectivity index (χ0n) is 12.0. The molecule has 0 saturated carbocycles. The van der Waals surface area contributed by atoms with Crippen LogP contribution in [0, 0.1) is 16.0 Å². The molecule has 1 aliphatic heterocycles. The summed E-state index contributed by atoms with van der Waals surface area (Å²) in [5.74, 6) is -0.103. The Balaban J connectivity index is 2.26. The molecule has 1 aromatic rings. The number of pyridine rings is 1. The number of nitro groups is 1. The molecule has 1 aromatic heterocycles. The third-order valence-electron chi connectivity index (χ3n) is 4.04. The molecule has 1 unspecified atom stereocenters. The van der Waals surface area contributed by atoms with Crippen molar-refractivity contribution in [1.29, 1.82) is 0 Å². The number of carbonyl (C=O) groups is 1. The Kier molecular flexibility index (Phi) is 4.72. The first-order chi connectivity index (χ1) is 10.0. The van der Waals surface area contributed by atoms with Crippen molar-refractivity contribution in [2.75, 3.05) is 18.0 Å². The molecule has 0 aliphatic carbocycles. The summed E-state index contributed by atoms with van der Waals surface area (Å²) in [7, 11) is 0. The van der Waals surface area contributed by atoms with Gasteiger partial charge in [0, 0.05) is 19.2 Å². The van der Waals surface area contributed by atoms with Crippen LogP contribution in [0.15, 0.2) is 12.3 Å². The highest BCUT2D eigenvalue weighted by Crippen LogP contribution is 2.26. The van der Waals surface area contributed by atoms with Gasteiger partial charge in [-0.25, -0.2) is 9.78 Å². The van der Waals surface area contributed by atoms with Crippen molar-refractivity contribution in [2.24, 2.45) is 5.92 Å². The predicted octanol–water partition coefficient (Wildman–Crippen LogP) is 2.70. The lowest BCUT2D eigenvalue weighted by atomic mass is 9.98. The van der Waals surface area contributed by atoms with Gasteiger partial charge in [0.05, 0.1) is 4.92 Å². The third-order valence-corrected chi connectivity index (χ3v) is 4.04. The van der Waals surface area contributed by atoms with Crippen molar-refractivity contribution >= 4 is 17.5 Å². The Morgan fingerprint density at radius 3 is 2.90 bits per heavy atom. The van der Waals surface area contributed by atoms with E-state index in [1.165, 1.54) is 6.07 Å². The maximum absolute atomic E-state index is 11.2. The van der Waals surface area contributed by atoms with Gasteiger partial charge < -0.3 is 10.0 Å². The number of carboxylic acid groups (broad SMARTS) is 1. The monoisotopic (exact) mass is 293 g/mol. The van der Waals surface area contributed by atoms with Crippen LogP contribution in [0.5, 0.6) is 0 Å². The van der Waals surface area contributed by atoms with Crippen LogP contribution in [0.2, 0.25) is 0 Å². The van der Waals surface area contributed by atoms with Crippen LogP contribution in [0.1, 0.15) is 43.0 Å². The molecule has 0 spiro atoms. The molecule has 0 bridgehead atoms. The van der Waals surface area contributed by atoms with E-state index in [2.05, 4.69) is 11.9 Å². The number of aromatic carboxylic acids is 1. The standard InChI is InChI=1S/C14H19N3O4/c1-2-10-4-3-6-16(7-5-10)13-8-11(14(18)19)12(9-15-13)17(20)21/h8-10H,2-7H2,1H3,(H,18,19). The summed E-state index contributed by atoms with van der Waals surface area (Å²) in [5.41, 5.74) is -0.770. The second-order valence-corrected chi connectivity index (χ2v) is 5.31. The second-order valence-electron chi connectivity index (χ2n) is 5.31. The summed E-state index contributed by atoms with van der Waals surface area (Å²) in [4.78, 5) is 27.4. The fourth-order valence-corrected chi connectivity index (χ4v) is 2.73. The van der Waals surface area contributed by atoms with E-state index >= 15 is 0 Å². The quantitative estimate of drug-likeness (QED) is 0.677. The van der Waals surface area contributed by atoms with Gasteiger partial charge in [0.25, 0.3) is 0 Å². The topological polar surface area (TPSA) is 96.6 Å². The normalized spacial score (nSPS) is 19.1. The molecule has 1 N–H and O–H groups in total. The first kappa shape index (κ1) is 15.2. The molecule has 2 heterocycles. The Morgan fingerprint density at radius 2 is 2.29 bits per heavy atom. The lowest BCUT2D eigenvalue weighted by Crippen LogP contribution is -2.25. The van der Waals surface area contributed by atoms with Crippen molar-refractivity contribution < 1.29 is 14.8 Å². The minimum atomic E-state index is -1.30. The van der Waals surface area contributed by atoms with Crippen molar-refractivity contribution in [2.45, 2.75) is 32.6 Å². The minimum absolute atomic E-state index is 0.304. The number of nitrogens with zero attached hydrogens (tertiary/aromatic N) is 3. The van der Waals surface area contributed by atoms with Crippen molar-refractivity contribution in [3.63, 3.8) is 0 Å². The molecular weight excluding hydrogens is 274 g/mol. The fourth-order valence-electron chi connectivity index (χ4n) is 2.73. The van der Waals surface area contributed by atoms with Crippen LogP contribution in [-0.4, -0.2) is 34.1 Å². The van der Waals surface area contributed by atoms with E-state index in [0.29, 0.717) is 11.7 Å². The number of aromatic nitrogens is 1. The smallest absolute Gasteiger partial charge is 0.342 e. The molecule has 2 rings (SSSR count). The summed E-state index contributed by atoms with van der Waals surface area (Å²) in [6.07, 6.45) is 5.41. The van der Waals surface area contributed by atoms with Gasteiger partial charge in [-0.15, -0.1) is 0 Å². The third kappa shape index (κ3) is 3.48. The molecule has 1 fully saturated rings. The molecule has 7 heteroatoms. The molecule has 7 nitrogen and oxygen atoms in total. The summed E-state index contributed by atoms with van der Waals surface area (Å²) < 4.78 is 0. The number of hydrogen-bond donors (Lipinski definition) is 1. The molecule has 21 heavy (non-hydrogen) atoms. The molecule has 0 radical (unpaired) electrons. The number of hydrogen-bond acceptors (Lipinski definition) is 5. The van der Waals surface area contributed by atoms with Crippen molar-refractivity contribution in [3.8, 4) is 0 Å². The van der Waals surface area contributed by atoms with E-state index < -0.39 is 16.6 Å². The zero-order valence-corrected chi connectivity index (χ0v) is 12.0. The zero-order chi connectivity index (χ0) is 15.4. The van der Waals surface area contributed by atoms with Crippen molar-refractivity contribution in [3.05, 3.63) is 27.9 Å². The van der Waals surface area contributed by atoms with Crippen LogP contribution >= 0.6 is 0 Å². The average molecular weight is 293 g/mol. The van der Waals surface area contributed by atoms with Crippen LogP contribution < -0.4 is 4.90 Å². The molecular formula is C14H19N3O4. The number of rotatable bonds is 4. The molecule has 1 saturated heterocycles. The Hall–Kier alpha value is -2.18. The molecule has 114 valence electrons. The lowest BCUT2D eigenvalue weighted by molar-refractivity contribution is -0.385. The second kappa shape index (κ2) is 6.51. The first-order valence-corrected chi connectivity index (χ1v) is 7.15. The summed E-state index contributed by atoms with van der Waals surface area (Å²) in [5, 5.41) is 20.0. The van der Waals surface area contributed by atoms with Crippen LogP contribution in [-0.2, 0) is 0 Å². The average Bonchev–Trinajstić information content (AvgIpc) is 2.71. The maximum atomic E-state index is 11.2. The first-order valence-electron chi connectivity index (χ1n) is 7.15. The maximum Gasteiger partial charge on any atom is 0.342 e. The Morgan fingerprint density at radius 1 is 1.52 bits per heavy atom. The summed E-state index contributed by atoms with van der Waals surface area (Å²) in [6, 6.07) is 1.31. The summed E-state index contributed by atoms with van der Waals surface area (Å²) in [6.45, 7) is 3.79. The predicted molar refractivity (Wildman–Crippen MR) is 77.7 cm³/mol. The van der Waals surface area contributed by atoms with E-state index in [1.54, 1.807) is 0 Å². The van der Waals surface area contributed by atoms with Gasteiger partial charge in [-0.3, -0.25) is 10.1 Å². The van der Waals surface area contributed by atoms with Crippen molar-refractivity contribution in [1.82, 2.24) is 4.98 Å². The Labute approximate surface area is 122 Å². The molecule has 0 aromatic carbocycles. The van der Waals surface area contributed by atoms with Crippen LogP contribution in [0.25, 0.3) is 0 Å². The lowest BCUT2D eigenvalue weighted by Gasteiger charge is -2.21. The molecule has 1 atom stereocenters. The van der Waals surface area contributed by atoms with Gasteiger partial charge in [-0.05, 0) is 25.2 Å². The van der Waals surface area contributed by atoms with E-state index in [9.17, 15) is 14.9 Å². The number of carboxylic acids is 1. The fraction of sp³-hybridized carbons (Fsp3) is 0.571. The largest absolute Gasteiger partial charge is 0.477 e. The van der Waals surface area contributed by atoms with Gasteiger partial charge >= 0.3 is 11.7 Å². The van der Waals surface area contributed by atoms with Gasteiger partial charge in [-0.1, -0.05) is 13.3 Å². The molecule has 1 aliphatic rings. The van der Waals surface area contributed by atoms with Crippen LogP contribution in [0.4, 0.5) is 11.5 Å². The Bertz CT molecular complexity index is 547.